The fourth-order valence-corrected chi connectivity index (χ4v) is 20.2. The summed E-state index contributed by atoms with van der Waals surface area (Å²) >= 11 is 4.59. The second kappa shape index (κ2) is 13.3. The number of hydrogen-bond acceptors (Lipinski definition) is 0. The van der Waals surface area contributed by atoms with Crippen LogP contribution in [0.5, 0.6) is 0 Å². The van der Waals surface area contributed by atoms with Crippen molar-refractivity contribution in [2.45, 2.75) is 126 Å². The van der Waals surface area contributed by atoms with Gasteiger partial charge >= 0.3 is 150 Å². The molecule has 0 nitrogen and oxygen atoms in total. The van der Waals surface area contributed by atoms with Crippen LogP contribution < -0.4 is 0 Å². The van der Waals surface area contributed by atoms with E-state index in [0.29, 0.717) is 0 Å². The topological polar surface area (TPSA) is 0 Å². The molecule has 0 N–H and O–H groups in total. The third-order valence-corrected chi connectivity index (χ3v) is 24.7. The molecule has 0 aliphatic heterocycles. The van der Waals surface area contributed by atoms with Gasteiger partial charge in [-0.3, -0.25) is 0 Å². The van der Waals surface area contributed by atoms with E-state index in [2.05, 4.69) is 41.6 Å². The minimum atomic E-state index is -2.24. The third kappa shape index (κ3) is 10.0. The molecule has 0 aliphatic carbocycles. The van der Waals surface area contributed by atoms with Crippen LogP contribution in [0.25, 0.3) is 0 Å². The van der Waals surface area contributed by atoms with Gasteiger partial charge in [0.2, 0.25) is 0 Å². The van der Waals surface area contributed by atoms with Gasteiger partial charge in [-0.1, -0.05) is 0 Å². The summed E-state index contributed by atoms with van der Waals surface area (Å²) in [4.78, 5) is 0. The van der Waals surface area contributed by atoms with Crippen LogP contribution in [-0.2, 0) is 0 Å². The summed E-state index contributed by atoms with van der Waals surface area (Å²) in [7, 11) is -2.24. The monoisotopic (exact) mass is 438 g/mol. The fraction of sp³-hybridized carbons (Fsp3) is 1.00. The van der Waals surface area contributed by atoms with E-state index in [0.717, 1.165) is 0 Å². The summed E-state index contributed by atoms with van der Waals surface area (Å²) in [5.41, 5.74) is 0. The van der Waals surface area contributed by atoms with Gasteiger partial charge in [-0.15, -0.1) is 0 Å². The standard InChI is InChI=1S/C20H44AsBr/c1-5-9-13-17-21(22,18-14-10-6-2,19-15-11-7-3)20-16-12-8-4/h5-20H2,1-4H3. The predicted octanol–water partition coefficient (Wildman–Crippen LogP) is 9.04. The molecule has 0 aromatic carbocycles. The molecule has 0 spiro atoms. The zero-order valence-electron chi connectivity index (χ0n) is 16.1. The average Bonchev–Trinajstić information content (AvgIpc) is 2.49. The third-order valence-electron chi connectivity index (χ3n) is 5.28. The molecular formula is C20H44AsBr. The Morgan fingerprint density at radius 3 is 0.864 bits per heavy atom. The van der Waals surface area contributed by atoms with Gasteiger partial charge in [-0.05, 0) is 0 Å². The Morgan fingerprint density at radius 2 is 0.682 bits per heavy atom. The van der Waals surface area contributed by atoms with Gasteiger partial charge in [0.15, 0.2) is 0 Å². The maximum atomic E-state index is 4.59. The van der Waals surface area contributed by atoms with Crippen LogP contribution in [0.1, 0.15) is 105 Å². The molecule has 0 aliphatic rings. The van der Waals surface area contributed by atoms with E-state index in [9.17, 15) is 0 Å². The summed E-state index contributed by atoms with van der Waals surface area (Å²) in [5.74, 6) is 0. The van der Waals surface area contributed by atoms with E-state index in [4.69, 9.17) is 0 Å². The van der Waals surface area contributed by atoms with Gasteiger partial charge < -0.3 is 0 Å². The van der Waals surface area contributed by atoms with Crippen molar-refractivity contribution in [3.05, 3.63) is 0 Å². The van der Waals surface area contributed by atoms with Gasteiger partial charge in [0.1, 0.15) is 0 Å². The summed E-state index contributed by atoms with van der Waals surface area (Å²) in [6.07, 6.45) is 17.2. The molecule has 2 heteroatoms. The van der Waals surface area contributed by atoms with Gasteiger partial charge in [-0.25, -0.2) is 0 Å². The molecule has 0 saturated heterocycles. The van der Waals surface area contributed by atoms with Gasteiger partial charge in [-0.2, -0.15) is 0 Å². The Balaban J connectivity index is 4.89. The van der Waals surface area contributed by atoms with Crippen molar-refractivity contribution in [3.63, 3.8) is 0 Å². The SMILES string of the molecule is CCCCC[As](Br)(CCCCC)(CCCCC)CCCCC. The van der Waals surface area contributed by atoms with E-state index in [1.807, 2.05) is 0 Å². The van der Waals surface area contributed by atoms with E-state index in [1.165, 1.54) is 77.0 Å². The Bertz CT molecular complexity index is 201. The van der Waals surface area contributed by atoms with Gasteiger partial charge in [0, 0.05) is 0 Å². The molecule has 0 aromatic heterocycles. The fourth-order valence-electron chi connectivity index (χ4n) is 3.70. The van der Waals surface area contributed by atoms with Crippen LogP contribution in [0.15, 0.2) is 0 Å². The zero-order chi connectivity index (χ0) is 16.8. The van der Waals surface area contributed by atoms with E-state index in [1.54, 1.807) is 20.8 Å². The first-order chi connectivity index (χ1) is 10.5. The molecule has 0 aromatic rings. The van der Waals surface area contributed by atoms with E-state index < -0.39 is 10.6 Å². The molecule has 0 heterocycles. The van der Waals surface area contributed by atoms with E-state index in [-0.39, 0.29) is 0 Å². The van der Waals surface area contributed by atoms with Crippen molar-refractivity contribution in [2.24, 2.45) is 0 Å². The Morgan fingerprint density at radius 1 is 0.455 bits per heavy atom. The van der Waals surface area contributed by atoms with Crippen LogP contribution in [-0.4, -0.2) is 10.6 Å². The van der Waals surface area contributed by atoms with Crippen LogP contribution in [0.4, 0.5) is 0 Å². The number of halogens is 1. The Labute approximate surface area is 149 Å². The zero-order valence-corrected chi connectivity index (χ0v) is 19.6. The van der Waals surface area contributed by atoms with Crippen LogP contribution >= 0.6 is 13.9 Å². The molecule has 0 saturated carbocycles. The van der Waals surface area contributed by atoms with Crippen molar-refractivity contribution in [1.82, 2.24) is 0 Å². The van der Waals surface area contributed by atoms with Crippen LogP contribution in [0.2, 0.25) is 20.8 Å². The maximum absolute atomic E-state index is 4.59. The summed E-state index contributed by atoms with van der Waals surface area (Å²) in [5, 5.41) is 6.29. The first kappa shape index (κ1) is 23.0. The summed E-state index contributed by atoms with van der Waals surface area (Å²) < 4.78 is 0. The summed E-state index contributed by atoms with van der Waals surface area (Å²) in [6, 6.07) is 0. The predicted molar refractivity (Wildman–Crippen MR) is 112 cm³/mol. The Kier molecular flexibility index (Phi) is 14.0. The molecule has 0 bridgehead atoms. The van der Waals surface area contributed by atoms with Gasteiger partial charge in [0.05, 0.1) is 0 Å². The first-order valence-corrected chi connectivity index (χ1v) is 20.0. The number of rotatable bonds is 16. The van der Waals surface area contributed by atoms with Crippen LogP contribution in [0, 0.1) is 0 Å². The van der Waals surface area contributed by atoms with Crippen molar-refractivity contribution < 1.29 is 0 Å². The quantitative estimate of drug-likeness (QED) is 0.166. The second-order valence-electron chi connectivity index (χ2n) is 7.54. The summed E-state index contributed by atoms with van der Waals surface area (Å²) in [6.45, 7) is 9.39. The normalized spacial score (nSPS) is 14.0. The molecule has 0 atom stereocenters. The van der Waals surface area contributed by atoms with Crippen molar-refractivity contribution in [2.75, 3.05) is 0 Å². The van der Waals surface area contributed by atoms with Gasteiger partial charge in [0.25, 0.3) is 0 Å². The molecule has 22 heavy (non-hydrogen) atoms. The molecule has 0 rings (SSSR count). The van der Waals surface area contributed by atoms with E-state index >= 15 is 0 Å². The van der Waals surface area contributed by atoms with Crippen molar-refractivity contribution >= 4 is 24.5 Å². The molecular weight excluding hydrogens is 395 g/mol. The number of hydrogen-bond donors (Lipinski definition) is 0. The van der Waals surface area contributed by atoms with Crippen molar-refractivity contribution in [3.8, 4) is 0 Å². The minimum absolute atomic E-state index is 1.37. The second-order valence-corrected chi connectivity index (χ2v) is 29.4. The Hall–Kier alpha value is 1.04. The van der Waals surface area contributed by atoms with Crippen molar-refractivity contribution in [1.29, 1.82) is 0 Å². The molecule has 0 fully saturated rings. The molecule has 136 valence electrons. The number of unbranched alkanes of at least 4 members (excludes halogenated alkanes) is 8. The average molecular weight is 439 g/mol. The first-order valence-electron chi connectivity index (χ1n) is 10.3. The molecule has 0 amide bonds. The molecule has 0 radical (unpaired) electrons. The van der Waals surface area contributed by atoms with Crippen LogP contribution in [0.3, 0.4) is 0 Å². The molecule has 0 unspecified atom stereocenters.